The molecule has 0 fully saturated rings. The maximum absolute atomic E-state index is 9.35. The summed E-state index contributed by atoms with van der Waals surface area (Å²) in [4.78, 5) is 18.4. The lowest BCUT2D eigenvalue weighted by Crippen LogP contribution is -1.95. The third-order valence-corrected chi connectivity index (χ3v) is 7.28. The first-order valence-corrected chi connectivity index (χ1v) is 13.3. The van der Waals surface area contributed by atoms with Gasteiger partial charge in [-0.3, -0.25) is 0 Å². The van der Waals surface area contributed by atoms with E-state index in [1.54, 1.807) is 24.5 Å². The molecule has 0 unspecified atom stereocenters. The van der Waals surface area contributed by atoms with Gasteiger partial charge in [0.1, 0.15) is 23.5 Å². The zero-order chi connectivity index (χ0) is 28.5. The van der Waals surface area contributed by atoms with Gasteiger partial charge in [-0.25, -0.2) is 19.9 Å². The Kier molecular flexibility index (Phi) is 6.13. The molecule has 3 aromatic carbocycles. The molecule has 0 aliphatic rings. The van der Waals surface area contributed by atoms with Gasteiger partial charge in [0.05, 0.1) is 22.8 Å². The van der Waals surface area contributed by atoms with Gasteiger partial charge < -0.3 is 0 Å². The molecule has 194 valence electrons. The van der Waals surface area contributed by atoms with E-state index in [0.717, 1.165) is 66.6 Å². The van der Waals surface area contributed by atoms with Crippen molar-refractivity contribution in [2.45, 2.75) is 0 Å². The van der Waals surface area contributed by atoms with E-state index in [4.69, 9.17) is 9.97 Å². The second-order valence-corrected chi connectivity index (χ2v) is 9.74. The first kappa shape index (κ1) is 24.8. The number of benzene rings is 3. The first-order chi connectivity index (χ1) is 20.7. The van der Waals surface area contributed by atoms with Crippen molar-refractivity contribution in [1.82, 2.24) is 19.9 Å². The minimum atomic E-state index is 0.352. The normalized spacial score (nSPS) is 10.8. The van der Waals surface area contributed by atoms with Crippen LogP contribution in [0.3, 0.4) is 0 Å². The zero-order valence-corrected chi connectivity index (χ0v) is 22.2. The molecular formula is C36H20N6. The highest BCUT2D eigenvalue weighted by atomic mass is 14.7. The second kappa shape index (κ2) is 10.4. The summed E-state index contributed by atoms with van der Waals surface area (Å²) in [5, 5.41) is 22.9. The molecule has 0 aliphatic heterocycles. The van der Waals surface area contributed by atoms with E-state index in [9.17, 15) is 10.5 Å². The molecule has 7 rings (SSSR count). The summed E-state index contributed by atoms with van der Waals surface area (Å²) in [6, 6.07) is 40.1. The lowest BCUT2D eigenvalue weighted by atomic mass is 9.88. The number of rotatable bonds is 4. The Balaban J connectivity index is 1.47. The monoisotopic (exact) mass is 536 g/mol. The Morgan fingerprint density at radius 1 is 0.429 bits per heavy atom. The summed E-state index contributed by atoms with van der Waals surface area (Å²) in [6.07, 6.45) is 3.27. The standard InChI is InChI=1S/C36H20N6/c37-21-25-19-23(15-17-39-25)31-11-5-13-33(41-31)35-27-7-1-2-8-28(27)36(30-10-4-3-9-29(30)35)34-14-6-12-32(42-34)24-16-18-40-26(20-24)22-38/h1-20H. The lowest BCUT2D eigenvalue weighted by molar-refractivity contribution is 1.25. The summed E-state index contributed by atoms with van der Waals surface area (Å²) < 4.78 is 0. The average Bonchev–Trinajstić information content (AvgIpc) is 3.07. The van der Waals surface area contributed by atoms with Crippen molar-refractivity contribution in [1.29, 1.82) is 10.5 Å². The Labute approximate surface area is 241 Å². The van der Waals surface area contributed by atoms with Gasteiger partial charge in [-0.1, -0.05) is 60.7 Å². The van der Waals surface area contributed by atoms with Crippen LogP contribution in [-0.4, -0.2) is 19.9 Å². The summed E-state index contributed by atoms with van der Waals surface area (Å²) in [5.41, 5.74) is 7.66. The van der Waals surface area contributed by atoms with Gasteiger partial charge in [0.2, 0.25) is 0 Å². The molecule has 4 heterocycles. The minimum Gasteiger partial charge on any atom is -0.248 e. The fourth-order valence-electron chi connectivity index (χ4n) is 5.45. The van der Waals surface area contributed by atoms with Crippen LogP contribution in [-0.2, 0) is 0 Å². The van der Waals surface area contributed by atoms with Crippen LogP contribution in [0.5, 0.6) is 0 Å². The van der Waals surface area contributed by atoms with Crippen molar-refractivity contribution in [2.75, 3.05) is 0 Å². The molecule has 42 heavy (non-hydrogen) atoms. The molecule has 7 aromatic rings. The van der Waals surface area contributed by atoms with Gasteiger partial charge in [0.25, 0.3) is 0 Å². The number of hydrogen-bond acceptors (Lipinski definition) is 6. The minimum absolute atomic E-state index is 0.352. The SMILES string of the molecule is N#Cc1cc(-c2cccc(-c3c4ccccc4c(-c4cccc(-c5ccnc(C#N)c5)n4)c4ccccc34)n2)ccn1. The number of hydrogen-bond donors (Lipinski definition) is 0. The van der Waals surface area contributed by atoms with Gasteiger partial charge in [0, 0.05) is 34.6 Å². The van der Waals surface area contributed by atoms with Crippen molar-refractivity contribution >= 4 is 21.5 Å². The fraction of sp³-hybridized carbons (Fsp3) is 0. The zero-order valence-electron chi connectivity index (χ0n) is 22.2. The molecule has 0 atom stereocenters. The second-order valence-electron chi connectivity index (χ2n) is 9.74. The summed E-state index contributed by atoms with van der Waals surface area (Å²) >= 11 is 0. The molecule has 6 nitrogen and oxygen atoms in total. The number of nitrogens with zero attached hydrogens (tertiary/aromatic N) is 6. The van der Waals surface area contributed by atoms with Crippen LogP contribution in [0.15, 0.2) is 122 Å². The molecule has 0 N–H and O–H groups in total. The molecule has 0 saturated carbocycles. The van der Waals surface area contributed by atoms with Crippen LogP contribution < -0.4 is 0 Å². The number of aromatic nitrogens is 4. The fourth-order valence-corrected chi connectivity index (χ4v) is 5.45. The smallest absolute Gasteiger partial charge is 0.141 e. The van der Waals surface area contributed by atoms with E-state index in [1.165, 1.54) is 0 Å². The third kappa shape index (κ3) is 4.30. The van der Waals surface area contributed by atoms with E-state index < -0.39 is 0 Å². The average molecular weight is 537 g/mol. The molecule has 0 bridgehead atoms. The summed E-state index contributed by atoms with van der Waals surface area (Å²) in [6.45, 7) is 0. The highest BCUT2D eigenvalue weighted by Gasteiger charge is 2.18. The van der Waals surface area contributed by atoms with Crippen LogP contribution in [0.1, 0.15) is 11.4 Å². The van der Waals surface area contributed by atoms with Gasteiger partial charge in [0.15, 0.2) is 0 Å². The molecule has 0 radical (unpaired) electrons. The number of pyridine rings is 4. The molecule has 0 spiro atoms. The number of nitriles is 2. The van der Waals surface area contributed by atoms with Crippen molar-refractivity contribution < 1.29 is 0 Å². The van der Waals surface area contributed by atoms with E-state index in [0.29, 0.717) is 11.4 Å². The molecular weight excluding hydrogens is 516 g/mol. The maximum Gasteiger partial charge on any atom is 0.141 e. The highest BCUT2D eigenvalue weighted by molar-refractivity contribution is 6.20. The molecule has 0 aliphatic carbocycles. The molecule has 4 aromatic heterocycles. The van der Waals surface area contributed by atoms with Crippen LogP contribution in [0.4, 0.5) is 0 Å². The largest absolute Gasteiger partial charge is 0.248 e. The van der Waals surface area contributed by atoms with Gasteiger partial charge in [-0.2, -0.15) is 10.5 Å². The van der Waals surface area contributed by atoms with Gasteiger partial charge in [-0.15, -0.1) is 0 Å². The third-order valence-electron chi connectivity index (χ3n) is 7.28. The Morgan fingerprint density at radius 3 is 1.19 bits per heavy atom. The van der Waals surface area contributed by atoms with E-state index >= 15 is 0 Å². The van der Waals surface area contributed by atoms with Crippen LogP contribution >= 0.6 is 0 Å². The van der Waals surface area contributed by atoms with Gasteiger partial charge in [-0.05, 0) is 70.1 Å². The quantitative estimate of drug-likeness (QED) is 0.211. The van der Waals surface area contributed by atoms with Crippen LogP contribution in [0.25, 0.3) is 66.6 Å². The maximum atomic E-state index is 9.35. The first-order valence-electron chi connectivity index (χ1n) is 13.3. The van der Waals surface area contributed by atoms with Crippen molar-refractivity contribution in [3.8, 4) is 57.2 Å². The Morgan fingerprint density at radius 2 is 0.810 bits per heavy atom. The molecule has 0 saturated heterocycles. The summed E-state index contributed by atoms with van der Waals surface area (Å²) in [7, 11) is 0. The summed E-state index contributed by atoms with van der Waals surface area (Å²) in [5.74, 6) is 0. The topological polar surface area (TPSA) is 99.1 Å². The Hall–Kier alpha value is -6.24. The van der Waals surface area contributed by atoms with Crippen LogP contribution in [0, 0.1) is 22.7 Å². The highest BCUT2D eigenvalue weighted by Crippen LogP contribution is 2.43. The van der Waals surface area contributed by atoms with E-state index in [2.05, 4.69) is 46.4 Å². The lowest BCUT2D eigenvalue weighted by Gasteiger charge is -2.17. The number of fused-ring (bicyclic) bond motifs is 2. The molecule has 0 amide bonds. The predicted molar refractivity (Wildman–Crippen MR) is 164 cm³/mol. The van der Waals surface area contributed by atoms with Crippen molar-refractivity contribution in [3.63, 3.8) is 0 Å². The predicted octanol–water partition coefficient (Wildman–Crippen LogP) is 7.98. The van der Waals surface area contributed by atoms with E-state index in [-0.39, 0.29) is 0 Å². The molecule has 6 heteroatoms. The van der Waals surface area contributed by atoms with Crippen molar-refractivity contribution in [3.05, 3.63) is 133 Å². The van der Waals surface area contributed by atoms with Crippen LogP contribution in [0.2, 0.25) is 0 Å². The van der Waals surface area contributed by atoms with E-state index in [1.807, 2.05) is 72.8 Å². The van der Waals surface area contributed by atoms with Crippen molar-refractivity contribution in [2.24, 2.45) is 0 Å². The Bertz CT molecular complexity index is 2020. The van der Waals surface area contributed by atoms with Gasteiger partial charge >= 0.3 is 0 Å².